The standard InChI is InChI=1S/C52H91N3O17P2/c1-4-5-6-7-8-9-10-16-19-22-25-28-32-43(56)44(57)33-30-35-48(59)70-42(38-67-47(58)34-29-26-23-20-17-14-12-11-13-15-18-21-24-27-31-41(2)3)39-68-73(63,64)72-74(65,66)69-40-45-49(60)50(61)51(71-45)55-37-36-46(53)54-52(55)62/h8-9,16,19,25,28,36-37,41-45,49-51,56-57,60-61H,4-7,10-15,17-18,20-24,26-27,29-35,38-40H2,1-3H3,(H,63,64)(H,65,66)(H2,53,54,62)/b9-8-,19-16-,28-25-/t42-,43?,44?,45-,49-,50-,51-/m1/s1. The number of rotatable bonds is 44. The average Bonchev–Trinajstić information content (AvgIpc) is 3.62. The Kier molecular flexibility index (Phi) is 35.6. The van der Waals surface area contributed by atoms with Gasteiger partial charge in [-0.15, -0.1) is 0 Å². The first-order chi connectivity index (χ1) is 35.3. The molecule has 1 aromatic heterocycles. The van der Waals surface area contributed by atoms with Gasteiger partial charge in [0.2, 0.25) is 0 Å². The van der Waals surface area contributed by atoms with E-state index in [1.165, 1.54) is 89.5 Å². The van der Waals surface area contributed by atoms with Crippen LogP contribution in [0.5, 0.6) is 0 Å². The normalized spacial score (nSPS) is 20.1. The molecule has 22 heteroatoms. The number of aliphatic hydroxyl groups is 4. The van der Waals surface area contributed by atoms with Gasteiger partial charge in [0.05, 0.1) is 25.4 Å². The Morgan fingerprint density at radius 1 is 0.730 bits per heavy atom. The summed E-state index contributed by atoms with van der Waals surface area (Å²) in [6, 6.07) is 1.23. The molecule has 4 unspecified atom stereocenters. The number of phosphoric acid groups is 2. The van der Waals surface area contributed by atoms with Crippen molar-refractivity contribution in [2.24, 2.45) is 5.92 Å². The first-order valence-corrected chi connectivity index (χ1v) is 30.0. The number of allylic oxidation sites excluding steroid dienone is 5. The number of carbonyl (C=O) groups is 2. The molecular weight excluding hydrogens is 1000 g/mol. The van der Waals surface area contributed by atoms with E-state index in [0.717, 1.165) is 55.2 Å². The Morgan fingerprint density at radius 3 is 1.91 bits per heavy atom. The fraction of sp³-hybridized carbons (Fsp3) is 0.769. The maximum Gasteiger partial charge on any atom is 0.481 e. The van der Waals surface area contributed by atoms with Crippen molar-refractivity contribution in [2.45, 2.75) is 231 Å². The lowest BCUT2D eigenvalue weighted by Gasteiger charge is -2.22. The third-order valence-corrected chi connectivity index (χ3v) is 15.0. The van der Waals surface area contributed by atoms with Crippen LogP contribution in [0.4, 0.5) is 5.82 Å². The van der Waals surface area contributed by atoms with Gasteiger partial charge in [0.15, 0.2) is 12.3 Å². The zero-order valence-electron chi connectivity index (χ0n) is 44.3. The molecule has 8 N–H and O–H groups in total. The minimum absolute atomic E-state index is 0.0364. The van der Waals surface area contributed by atoms with E-state index in [1.807, 2.05) is 12.2 Å². The molecule has 0 amide bonds. The molecule has 1 saturated heterocycles. The van der Waals surface area contributed by atoms with E-state index in [2.05, 4.69) is 48.3 Å². The summed E-state index contributed by atoms with van der Waals surface area (Å²) in [6.45, 7) is 4.18. The maximum atomic E-state index is 12.9. The highest BCUT2D eigenvalue weighted by molar-refractivity contribution is 7.61. The topological polar surface area (TPSA) is 306 Å². The summed E-state index contributed by atoms with van der Waals surface area (Å²) in [5.41, 5.74) is 4.57. The van der Waals surface area contributed by atoms with E-state index >= 15 is 0 Å². The summed E-state index contributed by atoms with van der Waals surface area (Å²) < 4.78 is 56.6. The largest absolute Gasteiger partial charge is 0.481 e. The van der Waals surface area contributed by atoms with E-state index in [-0.39, 0.29) is 37.9 Å². The van der Waals surface area contributed by atoms with Gasteiger partial charge in [-0.3, -0.25) is 23.2 Å². The maximum absolute atomic E-state index is 12.9. The highest BCUT2D eigenvalue weighted by Crippen LogP contribution is 2.60. The SMILES string of the molecule is CCCCC/C=C\C/C=C\C/C=C\CC(O)C(O)CCCC(=O)O[C@H](COC(=O)CCCCCCCCCCCCCCCCC(C)C)COP(=O)(O)OP(=O)(O)OC[C@H]1O[C@@H](n2ccc(N)nc2=O)[C@H](O)[C@@H]1O. The number of carbonyl (C=O) groups excluding carboxylic acids is 2. The van der Waals surface area contributed by atoms with Gasteiger partial charge in [-0.25, -0.2) is 13.9 Å². The molecule has 0 aliphatic carbocycles. The van der Waals surface area contributed by atoms with Crippen molar-refractivity contribution in [3.05, 3.63) is 59.2 Å². The van der Waals surface area contributed by atoms with Crippen LogP contribution in [0.1, 0.15) is 194 Å². The van der Waals surface area contributed by atoms with Gasteiger partial charge in [0.25, 0.3) is 0 Å². The number of nitrogen functional groups attached to an aromatic ring is 1. The Balaban J connectivity index is 1.85. The second-order valence-corrected chi connectivity index (χ2v) is 22.6. The van der Waals surface area contributed by atoms with Gasteiger partial charge in [-0.2, -0.15) is 9.29 Å². The molecule has 74 heavy (non-hydrogen) atoms. The van der Waals surface area contributed by atoms with Crippen molar-refractivity contribution in [1.29, 1.82) is 0 Å². The number of nitrogens with two attached hydrogens (primary N) is 1. The van der Waals surface area contributed by atoms with Crippen LogP contribution >= 0.6 is 15.6 Å². The number of hydrogen-bond acceptors (Lipinski definition) is 17. The van der Waals surface area contributed by atoms with Crippen LogP contribution in [-0.4, -0.2) is 108 Å². The van der Waals surface area contributed by atoms with Crippen molar-refractivity contribution >= 4 is 33.4 Å². The van der Waals surface area contributed by atoms with Crippen LogP contribution in [0.2, 0.25) is 0 Å². The zero-order chi connectivity index (χ0) is 54.6. The van der Waals surface area contributed by atoms with Crippen molar-refractivity contribution in [2.75, 3.05) is 25.6 Å². The third-order valence-electron chi connectivity index (χ3n) is 12.4. The fourth-order valence-electron chi connectivity index (χ4n) is 8.01. The molecule has 1 aliphatic rings. The molecule has 0 saturated carbocycles. The minimum Gasteiger partial charge on any atom is -0.462 e. The lowest BCUT2D eigenvalue weighted by molar-refractivity contribution is -0.161. The number of phosphoric ester groups is 2. The number of unbranched alkanes of at least 4 members (excludes halogenated alkanes) is 16. The Labute approximate surface area is 439 Å². The van der Waals surface area contributed by atoms with Crippen molar-refractivity contribution < 1.29 is 76.5 Å². The molecule has 0 spiro atoms. The molecule has 20 nitrogen and oxygen atoms in total. The van der Waals surface area contributed by atoms with E-state index < -0.39 is 95.9 Å². The molecule has 9 atom stereocenters. The van der Waals surface area contributed by atoms with Crippen LogP contribution < -0.4 is 11.4 Å². The van der Waals surface area contributed by atoms with Gasteiger partial charge in [-0.05, 0) is 63.4 Å². The van der Waals surface area contributed by atoms with Crippen molar-refractivity contribution in [3.63, 3.8) is 0 Å². The molecule has 426 valence electrons. The van der Waals surface area contributed by atoms with E-state index in [4.69, 9.17) is 29.0 Å². The Hall–Kier alpha value is -3.10. The van der Waals surface area contributed by atoms with Crippen LogP contribution in [0.15, 0.2) is 53.5 Å². The fourth-order valence-corrected chi connectivity index (χ4v) is 10.1. The molecule has 0 bridgehead atoms. The van der Waals surface area contributed by atoms with Crippen LogP contribution in [0, 0.1) is 5.92 Å². The van der Waals surface area contributed by atoms with Crippen LogP contribution in [0.3, 0.4) is 0 Å². The van der Waals surface area contributed by atoms with Gasteiger partial charge in [0.1, 0.15) is 30.7 Å². The van der Waals surface area contributed by atoms with Gasteiger partial charge in [0, 0.05) is 19.0 Å². The number of aromatic nitrogens is 2. The summed E-state index contributed by atoms with van der Waals surface area (Å²) in [4.78, 5) is 62.1. The lowest BCUT2D eigenvalue weighted by Crippen LogP contribution is -2.36. The molecular formula is C52H91N3O17P2. The Bertz CT molecular complexity index is 1930. The number of aliphatic hydroxyl groups excluding tert-OH is 4. The molecule has 1 aromatic rings. The van der Waals surface area contributed by atoms with E-state index in [9.17, 15) is 53.7 Å². The number of esters is 2. The summed E-state index contributed by atoms with van der Waals surface area (Å²) in [5.74, 6) is -0.806. The molecule has 0 radical (unpaired) electrons. The Morgan fingerprint density at radius 2 is 1.30 bits per heavy atom. The molecule has 1 fully saturated rings. The summed E-state index contributed by atoms with van der Waals surface area (Å²) >= 11 is 0. The van der Waals surface area contributed by atoms with Crippen LogP contribution in [0.25, 0.3) is 0 Å². The predicted molar refractivity (Wildman–Crippen MR) is 282 cm³/mol. The first kappa shape index (κ1) is 67.0. The number of hydrogen-bond donors (Lipinski definition) is 7. The highest BCUT2D eigenvalue weighted by atomic mass is 31.3. The zero-order valence-corrected chi connectivity index (χ0v) is 46.1. The van der Waals surface area contributed by atoms with Gasteiger partial charge < -0.3 is 50.2 Å². The van der Waals surface area contributed by atoms with Crippen molar-refractivity contribution in [3.8, 4) is 0 Å². The van der Waals surface area contributed by atoms with Gasteiger partial charge in [-0.1, -0.05) is 160 Å². The monoisotopic (exact) mass is 1090 g/mol. The second kappa shape index (κ2) is 39.3. The molecule has 2 heterocycles. The summed E-state index contributed by atoms with van der Waals surface area (Å²) in [7, 11) is -11.0. The van der Waals surface area contributed by atoms with Gasteiger partial charge >= 0.3 is 33.3 Å². The number of ether oxygens (including phenoxy) is 3. The average molecular weight is 1090 g/mol. The highest BCUT2D eigenvalue weighted by Gasteiger charge is 2.46. The minimum atomic E-state index is -5.50. The van der Waals surface area contributed by atoms with E-state index in [1.54, 1.807) is 6.08 Å². The third kappa shape index (κ3) is 31.8. The predicted octanol–water partition coefficient (Wildman–Crippen LogP) is 9.36. The number of nitrogens with zero attached hydrogens (tertiary/aromatic N) is 2. The first-order valence-electron chi connectivity index (χ1n) is 27.0. The van der Waals surface area contributed by atoms with E-state index in [0.29, 0.717) is 12.8 Å². The number of anilines is 1. The van der Waals surface area contributed by atoms with Crippen LogP contribution in [-0.2, 0) is 46.3 Å². The molecule has 2 rings (SSSR count). The summed E-state index contributed by atoms with van der Waals surface area (Å²) in [5, 5.41) is 41.9. The smallest absolute Gasteiger partial charge is 0.462 e. The van der Waals surface area contributed by atoms with Crippen molar-refractivity contribution in [1.82, 2.24) is 9.55 Å². The summed E-state index contributed by atoms with van der Waals surface area (Å²) in [6.07, 6.45) is 26.7. The molecule has 1 aliphatic heterocycles. The molecule has 0 aromatic carbocycles. The quantitative estimate of drug-likeness (QED) is 0.0138. The second-order valence-electron chi connectivity index (χ2n) is 19.5. The lowest BCUT2D eigenvalue weighted by atomic mass is 10.0.